The summed E-state index contributed by atoms with van der Waals surface area (Å²) in [6.45, 7) is 6.40. The number of carbonyl (C=O) groups excluding carboxylic acids is 4. The topological polar surface area (TPSA) is 124 Å². The number of hydrogen-bond acceptors (Lipinski definition) is 6. The van der Waals surface area contributed by atoms with Crippen molar-refractivity contribution >= 4 is 56.0 Å². The number of aromatic nitrogens is 2. The number of nitrogens with one attached hydrogen (secondary N) is 3. The van der Waals surface area contributed by atoms with Crippen LogP contribution in [0.25, 0.3) is 21.1 Å². The maximum atomic E-state index is 14.5. The average Bonchev–Trinajstić information content (AvgIpc) is 3.58. The normalized spacial score (nSPS) is 23.8. The van der Waals surface area contributed by atoms with Gasteiger partial charge in [-0.05, 0) is 67.2 Å². The van der Waals surface area contributed by atoms with Gasteiger partial charge < -0.3 is 20.5 Å². The summed E-state index contributed by atoms with van der Waals surface area (Å²) >= 11 is 1.31. The molecule has 45 heavy (non-hydrogen) atoms. The number of thiazole rings is 1. The van der Waals surface area contributed by atoms with E-state index in [0.717, 1.165) is 53.2 Å². The van der Waals surface area contributed by atoms with E-state index in [1.807, 2.05) is 48.5 Å². The van der Waals surface area contributed by atoms with Gasteiger partial charge in [-0.25, -0.2) is 4.98 Å². The van der Waals surface area contributed by atoms with Gasteiger partial charge in [-0.2, -0.15) is 0 Å². The molecule has 2 aromatic carbocycles. The lowest BCUT2D eigenvalue weighted by Crippen LogP contribution is -2.59. The average molecular weight is 626 g/mol. The Kier molecular flexibility index (Phi) is 7.50. The second-order valence-corrected chi connectivity index (χ2v) is 14.6. The first-order valence-electron chi connectivity index (χ1n) is 16.0. The minimum atomic E-state index is -0.799. The fourth-order valence-electron chi connectivity index (χ4n) is 7.78. The molecule has 0 spiro atoms. The lowest BCUT2D eigenvalue weighted by Gasteiger charge is -2.37. The van der Waals surface area contributed by atoms with Crippen LogP contribution >= 0.6 is 11.3 Å². The molecule has 3 amide bonds. The van der Waals surface area contributed by atoms with E-state index in [-0.39, 0.29) is 46.7 Å². The van der Waals surface area contributed by atoms with Gasteiger partial charge in [0.25, 0.3) is 5.91 Å². The molecule has 3 heterocycles. The number of rotatable bonds is 8. The Hall–Kier alpha value is -4.05. The van der Waals surface area contributed by atoms with E-state index in [0.29, 0.717) is 17.2 Å². The highest BCUT2D eigenvalue weighted by Gasteiger charge is 2.69. The Morgan fingerprint density at radius 2 is 1.73 bits per heavy atom. The third kappa shape index (κ3) is 5.32. The van der Waals surface area contributed by atoms with Crippen LogP contribution in [0.3, 0.4) is 0 Å². The number of likely N-dealkylation sites (tertiary alicyclic amines) is 1. The van der Waals surface area contributed by atoms with E-state index in [2.05, 4.69) is 34.4 Å². The maximum Gasteiger partial charge on any atom is 0.268 e. The molecule has 4 aromatic rings. The number of ketones is 1. The number of carbonyl (C=O) groups is 4. The highest BCUT2D eigenvalue weighted by atomic mass is 32.1. The number of benzene rings is 2. The molecule has 7 rings (SSSR count). The van der Waals surface area contributed by atoms with Gasteiger partial charge >= 0.3 is 0 Å². The third-order valence-corrected chi connectivity index (χ3v) is 11.5. The molecular formula is C35H39N5O4S. The monoisotopic (exact) mass is 625 g/mol. The summed E-state index contributed by atoms with van der Waals surface area (Å²) in [5.74, 6) is -0.944. The fourth-order valence-corrected chi connectivity index (χ4v) is 8.78. The van der Waals surface area contributed by atoms with Crippen LogP contribution in [0.4, 0.5) is 0 Å². The van der Waals surface area contributed by atoms with Crippen LogP contribution in [0.5, 0.6) is 0 Å². The summed E-state index contributed by atoms with van der Waals surface area (Å²) in [6.07, 6.45) is 4.82. The Morgan fingerprint density at radius 3 is 2.49 bits per heavy atom. The fraction of sp³-hybridized carbons (Fsp3) is 0.457. The zero-order valence-electron chi connectivity index (χ0n) is 25.8. The Labute approximate surface area is 266 Å². The van der Waals surface area contributed by atoms with Crippen molar-refractivity contribution in [2.45, 2.75) is 71.0 Å². The summed E-state index contributed by atoms with van der Waals surface area (Å²) < 4.78 is 0.915. The molecular weight excluding hydrogens is 586 g/mol. The number of piperidine rings is 1. The van der Waals surface area contributed by atoms with E-state index >= 15 is 0 Å². The molecule has 3 aliphatic rings. The minimum absolute atomic E-state index is 0.00670. The van der Waals surface area contributed by atoms with Crippen molar-refractivity contribution in [2.24, 2.45) is 23.2 Å². The van der Waals surface area contributed by atoms with E-state index in [1.165, 1.54) is 11.3 Å². The molecule has 2 aliphatic carbocycles. The number of hydrogen-bond donors (Lipinski definition) is 3. The number of aromatic amines is 1. The first-order chi connectivity index (χ1) is 21.6. The molecule has 2 saturated carbocycles. The molecule has 0 radical (unpaired) electrons. The molecule has 2 aromatic heterocycles. The van der Waals surface area contributed by atoms with Crippen LogP contribution in [0.15, 0.2) is 54.6 Å². The van der Waals surface area contributed by atoms with E-state index < -0.39 is 18.1 Å². The molecule has 234 valence electrons. The number of fused-ring (bicyclic) bond motifs is 3. The number of Topliss-reactive ketones (excluding diaryl/α,β-unsaturated/α-hetero) is 1. The zero-order chi connectivity index (χ0) is 31.5. The van der Waals surface area contributed by atoms with Crippen molar-refractivity contribution in [1.29, 1.82) is 0 Å². The van der Waals surface area contributed by atoms with E-state index in [9.17, 15) is 19.2 Å². The van der Waals surface area contributed by atoms with Crippen LogP contribution in [-0.4, -0.2) is 63.0 Å². The zero-order valence-corrected chi connectivity index (χ0v) is 26.7. The van der Waals surface area contributed by atoms with E-state index in [1.54, 1.807) is 17.9 Å². The third-order valence-electron chi connectivity index (χ3n) is 10.5. The first kappa shape index (κ1) is 29.6. The maximum absolute atomic E-state index is 14.5. The first-order valence-corrected chi connectivity index (χ1v) is 16.8. The van der Waals surface area contributed by atoms with Gasteiger partial charge in [0, 0.05) is 17.4 Å². The summed E-state index contributed by atoms with van der Waals surface area (Å²) in [6, 6.07) is 14.8. The molecule has 1 saturated heterocycles. The van der Waals surface area contributed by atoms with Crippen LogP contribution in [0, 0.1) is 23.2 Å². The Balaban J connectivity index is 1.12. The molecule has 1 aliphatic heterocycles. The summed E-state index contributed by atoms with van der Waals surface area (Å²) in [7, 11) is 0. The predicted octanol–water partition coefficient (Wildman–Crippen LogP) is 5.33. The number of H-pyrrole nitrogens is 1. The van der Waals surface area contributed by atoms with Crippen molar-refractivity contribution in [3.8, 4) is 0 Å². The molecule has 3 fully saturated rings. The van der Waals surface area contributed by atoms with Gasteiger partial charge in [0.2, 0.25) is 17.6 Å². The Bertz CT molecular complexity index is 1740. The van der Waals surface area contributed by atoms with Gasteiger partial charge in [-0.1, -0.05) is 63.4 Å². The molecule has 0 unspecified atom stereocenters. The van der Waals surface area contributed by atoms with Crippen molar-refractivity contribution < 1.29 is 19.2 Å². The molecule has 9 nitrogen and oxygen atoms in total. The van der Waals surface area contributed by atoms with Gasteiger partial charge in [-0.3, -0.25) is 19.2 Å². The number of para-hydroxylation sites is 2. The highest BCUT2D eigenvalue weighted by Crippen LogP contribution is 2.65. The number of amides is 3. The Morgan fingerprint density at radius 1 is 1.00 bits per heavy atom. The minimum Gasteiger partial charge on any atom is -0.351 e. The predicted molar refractivity (Wildman–Crippen MR) is 174 cm³/mol. The van der Waals surface area contributed by atoms with Gasteiger partial charge in [0.15, 0.2) is 5.01 Å². The number of nitrogens with zero attached hydrogens (tertiary/aromatic N) is 2. The van der Waals surface area contributed by atoms with Crippen LogP contribution in [0.2, 0.25) is 0 Å². The second-order valence-electron chi connectivity index (χ2n) is 13.6. The summed E-state index contributed by atoms with van der Waals surface area (Å²) in [5.41, 5.74) is 1.93. The van der Waals surface area contributed by atoms with Crippen molar-refractivity contribution in [3.05, 3.63) is 65.3 Å². The van der Waals surface area contributed by atoms with Crippen LogP contribution in [0.1, 0.15) is 73.2 Å². The van der Waals surface area contributed by atoms with Crippen molar-refractivity contribution in [2.75, 3.05) is 6.54 Å². The SMILES string of the molecule is C[C@H](NC(=O)[C@@H]1[C@@H]2[C@H](CN1C(=O)[C@@H](NC(=O)c1cc3ccccc3[nH]1)C1CCCCC1)C2(C)C)C(=O)c1nc2ccccc2s1. The quantitative estimate of drug-likeness (QED) is 0.229. The molecule has 10 heteroatoms. The summed E-state index contributed by atoms with van der Waals surface area (Å²) in [4.78, 5) is 64.7. The summed E-state index contributed by atoms with van der Waals surface area (Å²) in [5, 5.41) is 7.30. The van der Waals surface area contributed by atoms with Gasteiger partial charge in [0.05, 0.1) is 16.3 Å². The molecule has 0 bridgehead atoms. The van der Waals surface area contributed by atoms with Gasteiger partial charge in [0.1, 0.15) is 17.8 Å². The van der Waals surface area contributed by atoms with Crippen LogP contribution < -0.4 is 10.6 Å². The van der Waals surface area contributed by atoms with Crippen molar-refractivity contribution in [3.63, 3.8) is 0 Å². The van der Waals surface area contributed by atoms with Crippen LogP contribution in [-0.2, 0) is 9.59 Å². The largest absolute Gasteiger partial charge is 0.351 e. The second kappa shape index (κ2) is 11.4. The smallest absolute Gasteiger partial charge is 0.268 e. The van der Waals surface area contributed by atoms with Crippen molar-refractivity contribution in [1.82, 2.24) is 25.5 Å². The van der Waals surface area contributed by atoms with Gasteiger partial charge in [-0.15, -0.1) is 11.3 Å². The molecule has 3 N–H and O–H groups in total. The van der Waals surface area contributed by atoms with E-state index in [4.69, 9.17) is 0 Å². The highest BCUT2D eigenvalue weighted by molar-refractivity contribution is 7.20. The molecule has 5 atom stereocenters. The lowest BCUT2D eigenvalue weighted by molar-refractivity contribution is -0.143. The standard InChI is InChI=1S/C35H39N5O4S/c1-19(30(41)33-38-24-15-9-10-16-26(24)45-33)36-32(43)29-27-22(35(27,2)3)18-40(29)34(44)28(20-11-5-4-6-12-20)39-31(42)25-17-21-13-7-8-14-23(21)37-25/h7-10,13-17,19-20,22,27-29,37H,4-6,11-12,18H2,1-3H3,(H,36,43)(H,39,42)/t19-,22-,27-,28-,29-/m0/s1. The lowest BCUT2D eigenvalue weighted by atomic mass is 9.83.